The van der Waals surface area contributed by atoms with Gasteiger partial charge in [-0.2, -0.15) is 0 Å². The van der Waals surface area contributed by atoms with Crippen molar-refractivity contribution < 1.29 is 14.7 Å². The molecule has 116 valence electrons. The second kappa shape index (κ2) is 7.28. The highest BCUT2D eigenvalue weighted by Gasteiger charge is 2.23. The molecule has 1 aromatic carbocycles. The Balaban J connectivity index is 2.11. The van der Waals surface area contributed by atoms with Crippen LogP contribution in [0.25, 0.3) is 0 Å². The first-order valence-electron chi connectivity index (χ1n) is 7.04. The van der Waals surface area contributed by atoms with Gasteiger partial charge in [0.2, 0.25) is 0 Å². The lowest BCUT2D eigenvalue weighted by molar-refractivity contribution is 0.152. The second-order valence-corrected chi connectivity index (χ2v) is 5.36. The van der Waals surface area contributed by atoms with Crippen LogP contribution < -0.4 is 10.5 Å². The van der Waals surface area contributed by atoms with Crippen LogP contribution in [0.5, 0.6) is 5.75 Å². The van der Waals surface area contributed by atoms with Crippen LogP contribution in [0.2, 0.25) is 0 Å². The number of ether oxygens (including phenoxy) is 2. The summed E-state index contributed by atoms with van der Waals surface area (Å²) < 4.78 is 10.6. The molecule has 1 aromatic rings. The molecule has 1 unspecified atom stereocenters. The third-order valence-corrected chi connectivity index (χ3v) is 3.85. The van der Waals surface area contributed by atoms with Crippen molar-refractivity contribution in [1.82, 2.24) is 4.90 Å². The van der Waals surface area contributed by atoms with Crippen molar-refractivity contribution in [3.05, 3.63) is 29.3 Å². The summed E-state index contributed by atoms with van der Waals surface area (Å²) in [4.78, 5) is 2.37. The lowest BCUT2D eigenvalue weighted by Gasteiger charge is -2.18. The number of amidine groups is 1. The fourth-order valence-electron chi connectivity index (χ4n) is 2.79. The molecule has 1 saturated heterocycles. The van der Waals surface area contributed by atoms with E-state index in [0.717, 1.165) is 44.0 Å². The number of oxime groups is 1. The first-order valence-corrected chi connectivity index (χ1v) is 7.04. The quantitative estimate of drug-likeness (QED) is 0.357. The Kier molecular flexibility index (Phi) is 5.41. The van der Waals surface area contributed by atoms with Gasteiger partial charge in [-0.15, -0.1) is 0 Å². The average molecular weight is 293 g/mol. The standard InChI is InChI=1S/C15H23N3O3/c1-20-10-11-5-6-18(8-11)9-13-7-12(15(16)17-19)3-4-14(13)21-2/h3-4,7,11,19H,5-6,8-10H2,1-2H3,(H2,16,17). The number of nitrogens with two attached hydrogens (primary N) is 1. The van der Waals surface area contributed by atoms with Gasteiger partial charge in [-0.1, -0.05) is 5.16 Å². The summed E-state index contributed by atoms with van der Waals surface area (Å²) in [5, 5.41) is 11.8. The first-order chi connectivity index (χ1) is 10.2. The van der Waals surface area contributed by atoms with Gasteiger partial charge >= 0.3 is 0 Å². The Bertz CT molecular complexity index is 505. The zero-order valence-corrected chi connectivity index (χ0v) is 12.6. The number of hydrogen-bond acceptors (Lipinski definition) is 5. The van der Waals surface area contributed by atoms with E-state index in [9.17, 15) is 0 Å². The molecule has 1 atom stereocenters. The maximum Gasteiger partial charge on any atom is 0.170 e. The molecule has 21 heavy (non-hydrogen) atoms. The molecule has 1 aliphatic heterocycles. The third kappa shape index (κ3) is 3.86. The van der Waals surface area contributed by atoms with Crippen LogP contribution in [0.15, 0.2) is 23.4 Å². The van der Waals surface area contributed by atoms with Crippen LogP contribution in [0.4, 0.5) is 0 Å². The molecular formula is C15H23N3O3. The lowest BCUT2D eigenvalue weighted by Crippen LogP contribution is -2.22. The molecule has 6 nitrogen and oxygen atoms in total. The van der Waals surface area contributed by atoms with Crippen molar-refractivity contribution >= 4 is 5.84 Å². The van der Waals surface area contributed by atoms with Crippen molar-refractivity contribution in [2.75, 3.05) is 33.9 Å². The highest BCUT2D eigenvalue weighted by Crippen LogP contribution is 2.25. The number of hydrogen-bond donors (Lipinski definition) is 2. The monoisotopic (exact) mass is 293 g/mol. The van der Waals surface area contributed by atoms with E-state index < -0.39 is 0 Å². The minimum Gasteiger partial charge on any atom is -0.496 e. The SMILES string of the molecule is COCC1CCN(Cc2cc(/C(N)=N/O)ccc2OC)C1. The van der Waals surface area contributed by atoms with Gasteiger partial charge in [0.15, 0.2) is 5.84 Å². The summed E-state index contributed by atoms with van der Waals surface area (Å²) in [5.74, 6) is 1.52. The van der Waals surface area contributed by atoms with Crippen molar-refractivity contribution in [2.45, 2.75) is 13.0 Å². The van der Waals surface area contributed by atoms with Crippen LogP contribution in [0.3, 0.4) is 0 Å². The summed E-state index contributed by atoms with van der Waals surface area (Å²) in [5.41, 5.74) is 7.39. The molecule has 0 amide bonds. The molecule has 0 aromatic heterocycles. The zero-order valence-electron chi connectivity index (χ0n) is 12.6. The zero-order chi connectivity index (χ0) is 15.2. The molecule has 1 heterocycles. The molecule has 0 spiro atoms. The maximum absolute atomic E-state index is 8.79. The van der Waals surface area contributed by atoms with Gasteiger partial charge in [0.05, 0.1) is 13.7 Å². The number of likely N-dealkylation sites (tertiary alicyclic amines) is 1. The maximum atomic E-state index is 8.79. The minimum absolute atomic E-state index is 0.109. The lowest BCUT2D eigenvalue weighted by atomic mass is 10.1. The van der Waals surface area contributed by atoms with Gasteiger partial charge in [0.25, 0.3) is 0 Å². The molecule has 0 aliphatic carbocycles. The van der Waals surface area contributed by atoms with Gasteiger partial charge in [0, 0.05) is 31.3 Å². The molecule has 6 heteroatoms. The van der Waals surface area contributed by atoms with Gasteiger partial charge in [0.1, 0.15) is 5.75 Å². The highest BCUT2D eigenvalue weighted by molar-refractivity contribution is 5.97. The Morgan fingerprint density at radius 2 is 2.29 bits per heavy atom. The van der Waals surface area contributed by atoms with E-state index in [4.69, 9.17) is 20.4 Å². The van der Waals surface area contributed by atoms with E-state index in [1.807, 2.05) is 12.1 Å². The van der Waals surface area contributed by atoms with Crippen LogP contribution in [0.1, 0.15) is 17.5 Å². The van der Waals surface area contributed by atoms with Crippen molar-refractivity contribution in [2.24, 2.45) is 16.8 Å². The van der Waals surface area contributed by atoms with E-state index in [1.54, 1.807) is 20.3 Å². The predicted octanol–water partition coefficient (Wildman–Crippen LogP) is 1.26. The number of nitrogens with zero attached hydrogens (tertiary/aromatic N) is 2. The van der Waals surface area contributed by atoms with Gasteiger partial charge < -0.3 is 20.4 Å². The minimum atomic E-state index is 0.109. The number of benzene rings is 1. The summed E-state index contributed by atoms with van der Waals surface area (Å²) in [6.07, 6.45) is 1.15. The van der Waals surface area contributed by atoms with E-state index in [0.29, 0.717) is 11.5 Å². The molecule has 1 aliphatic rings. The first kappa shape index (κ1) is 15.6. The van der Waals surface area contributed by atoms with Crippen LogP contribution >= 0.6 is 0 Å². The van der Waals surface area contributed by atoms with Gasteiger partial charge in [-0.3, -0.25) is 4.90 Å². The Morgan fingerprint density at radius 1 is 1.48 bits per heavy atom. The molecule has 3 N–H and O–H groups in total. The fraction of sp³-hybridized carbons (Fsp3) is 0.533. The summed E-state index contributed by atoms with van der Waals surface area (Å²) >= 11 is 0. The molecule has 2 rings (SSSR count). The van der Waals surface area contributed by atoms with Crippen molar-refractivity contribution in [3.8, 4) is 5.75 Å². The van der Waals surface area contributed by atoms with E-state index >= 15 is 0 Å². The largest absolute Gasteiger partial charge is 0.496 e. The normalized spacial score (nSPS) is 19.9. The Morgan fingerprint density at radius 3 is 2.95 bits per heavy atom. The second-order valence-electron chi connectivity index (χ2n) is 5.36. The topological polar surface area (TPSA) is 80.3 Å². The average Bonchev–Trinajstić information content (AvgIpc) is 2.94. The van der Waals surface area contributed by atoms with E-state index in [2.05, 4.69) is 10.1 Å². The van der Waals surface area contributed by atoms with E-state index in [-0.39, 0.29) is 5.84 Å². The van der Waals surface area contributed by atoms with Gasteiger partial charge in [-0.25, -0.2) is 0 Å². The molecule has 0 radical (unpaired) electrons. The summed E-state index contributed by atoms with van der Waals surface area (Å²) in [6, 6.07) is 5.55. The van der Waals surface area contributed by atoms with Crippen molar-refractivity contribution in [3.63, 3.8) is 0 Å². The smallest absolute Gasteiger partial charge is 0.170 e. The molecule has 0 bridgehead atoms. The van der Waals surface area contributed by atoms with Crippen LogP contribution in [0, 0.1) is 5.92 Å². The number of methoxy groups -OCH3 is 2. The molecular weight excluding hydrogens is 270 g/mol. The van der Waals surface area contributed by atoms with Crippen LogP contribution in [-0.4, -0.2) is 49.9 Å². The highest BCUT2D eigenvalue weighted by atomic mass is 16.5. The fourth-order valence-corrected chi connectivity index (χ4v) is 2.79. The molecule has 0 saturated carbocycles. The Hall–Kier alpha value is -1.79. The predicted molar refractivity (Wildman–Crippen MR) is 80.8 cm³/mol. The summed E-state index contributed by atoms with van der Waals surface area (Å²) in [7, 11) is 3.39. The Labute approximate surface area is 125 Å². The number of rotatable bonds is 6. The van der Waals surface area contributed by atoms with Gasteiger partial charge in [-0.05, 0) is 37.1 Å². The molecule has 1 fully saturated rings. The third-order valence-electron chi connectivity index (χ3n) is 3.85. The van der Waals surface area contributed by atoms with Crippen LogP contribution in [-0.2, 0) is 11.3 Å². The van der Waals surface area contributed by atoms with E-state index in [1.165, 1.54) is 0 Å². The summed E-state index contributed by atoms with van der Waals surface area (Å²) in [6.45, 7) is 3.66. The van der Waals surface area contributed by atoms with Crippen molar-refractivity contribution in [1.29, 1.82) is 0 Å².